The molecule has 3 fully saturated rings. The topological polar surface area (TPSA) is 85.4 Å². The molecule has 2 unspecified atom stereocenters. The van der Waals surface area contributed by atoms with Gasteiger partial charge in [0, 0.05) is 49.6 Å². The summed E-state index contributed by atoms with van der Waals surface area (Å²) in [5.41, 5.74) is 3.26. The molecule has 5 rings (SSSR count). The Morgan fingerprint density at radius 3 is 2.65 bits per heavy atom. The predicted octanol–water partition coefficient (Wildman–Crippen LogP) is 3.28. The van der Waals surface area contributed by atoms with Gasteiger partial charge in [0.2, 0.25) is 11.9 Å². The number of nitrogens with one attached hydrogen (secondary N) is 3. The molecule has 2 aromatic rings. The molecule has 182 valence electrons. The number of hydrogen-bond donors (Lipinski definition) is 3. The first-order chi connectivity index (χ1) is 16.5. The van der Waals surface area contributed by atoms with Gasteiger partial charge in [-0.1, -0.05) is 6.42 Å². The average molecular weight is 468 g/mol. The number of likely N-dealkylation sites (N-methyl/N-ethyl adjacent to an activating group) is 1. The first-order valence-electron chi connectivity index (χ1n) is 12.4. The second-order valence-corrected chi connectivity index (χ2v) is 9.88. The summed E-state index contributed by atoms with van der Waals surface area (Å²) in [6.07, 6.45) is 5.87. The van der Waals surface area contributed by atoms with E-state index in [1.807, 2.05) is 6.07 Å². The SMILES string of the molecule is Cc1cc(Nc2ncc(F)c(NC3CCCC3C(=O)NC3CC3)n2)ccc1N1CCN(C)CC1. The van der Waals surface area contributed by atoms with E-state index in [1.54, 1.807) is 0 Å². The van der Waals surface area contributed by atoms with Gasteiger partial charge in [-0.15, -0.1) is 0 Å². The fraction of sp³-hybridized carbons (Fsp3) is 0.560. The number of aromatic nitrogens is 2. The van der Waals surface area contributed by atoms with Gasteiger partial charge in [0.25, 0.3) is 0 Å². The second-order valence-electron chi connectivity index (χ2n) is 9.88. The lowest BCUT2D eigenvalue weighted by molar-refractivity contribution is -0.125. The van der Waals surface area contributed by atoms with E-state index in [0.29, 0.717) is 12.0 Å². The summed E-state index contributed by atoms with van der Waals surface area (Å²) in [7, 11) is 2.15. The Hall–Kier alpha value is -2.94. The van der Waals surface area contributed by atoms with Crippen molar-refractivity contribution in [3.8, 4) is 0 Å². The van der Waals surface area contributed by atoms with Crippen LogP contribution >= 0.6 is 0 Å². The van der Waals surface area contributed by atoms with Gasteiger partial charge in [-0.2, -0.15) is 4.98 Å². The van der Waals surface area contributed by atoms with E-state index in [-0.39, 0.29) is 23.7 Å². The van der Waals surface area contributed by atoms with E-state index in [1.165, 1.54) is 17.4 Å². The van der Waals surface area contributed by atoms with Gasteiger partial charge in [-0.05, 0) is 63.4 Å². The number of nitrogens with zero attached hydrogens (tertiary/aromatic N) is 4. The highest BCUT2D eigenvalue weighted by Gasteiger charge is 2.36. The quantitative estimate of drug-likeness (QED) is 0.576. The van der Waals surface area contributed by atoms with Crippen LogP contribution in [-0.2, 0) is 4.79 Å². The number of amides is 1. The molecule has 2 atom stereocenters. The molecule has 8 nitrogen and oxygen atoms in total. The van der Waals surface area contributed by atoms with Crippen LogP contribution in [0.1, 0.15) is 37.7 Å². The van der Waals surface area contributed by atoms with E-state index in [2.05, 4.69) is 61.8 Å². The maximum absolute atomic E-state index is 14.5. The van der Waals surface area contributed by atoms with Crippen molar-refractivity contribution in [1.29, 1.82) is 0 Å². The number of anilines is 4. The maximum atomic E-state index is 14.5. The highest BCUT2D eigenvalue weighted by Crippen LogP contribution is 2.31. The van der Waals surface area contributed by atoms with Gasteiger partial charge in [0.1, 0.15) is 0 Å². The molecule has 3 aliphatic rings. The largest absolute Gasteiger partial charge is 0.369 e. The van der Waals surface area contributed by atoms with Crippen LogP contribution in [0, 0.1) is 18.7 Å². The number of hydrogen-bond acceptors (Lipinski definition) is 7. The summed E-state index contributed by atoms with van der Waals surface area (Å²) < 4.78 is 14.5. The van der Waals surface area contributed by atoms with Crippen molar-refractivity contribution in [3.63, 3.8) is 0 Å². The zero-order chi connectivity index (χ0) is 23.7. The Bertz CT molecular complexity index is 1040. The zero-order valence-corrected chi connectivity index (χ0v) is 20.0. The summed E-state index contributed by atoms with van der Waals surface area (Å²) in [5.74, 6) is -0.134. The minimum atomic E-state index is -0.514. The van der Waals surface area contributed by atoms with E-state index >= 15 is 0 Å². The van der Waals surface area contributed by atoms with Gasteiger partial charge in [-0.25, -0.2) is 9.37 Å². The molecule has 3 N–H and O–H groups in total. The molecule has 2 heterocycles. The molecule has 1 aromatic carbocycles. The van der Waals surface area contributed by atoms with Crippen molar-refractivity contribution in [2.24, 2.45) is 5.92 Å². The number of benzene rings is 1. The van der Waals surface area contributed by atoms with Crippen LogP contribution in [0.5, 0.6) is 0 Å². The Morgan fingerprint density at radius 2 is 1.91 bits per heavy atom. The number of halogens is 1. The number of rotatable bonds is 7. The molecule has 1 aliphatic heterocycles. The Morgan fingerprint density at radius 1 is 1.12 bits per heavy atom. The van der Waals surface area contributed by atoms with Gasteiger partial charge in [0.05, 0.1) is 12.1 Å². The lowest BCUT2D eigenvalue weighted by Gasteiger charge is -2.35. The molecule has 1 aromatic heterocycles. The lowest BCUT2D eigenvalue weighted by atomic mass is 10.0. The van der Waals surface area contributed by atoms with Gasteiger partial charge in [0.15, 0.2) is 11.6 Å². The van der Waals surface area contributed by atoms with Crippen molar-refractivity contribution >= 4 is 29.0 Å². The molecule has 0 radical (unpaired) electrons. The third-order valence-electron chi connectivity index (χ3n) is 7.14. The van der Waals surface area contributed by atoms with Crippen LogP contribution in [0.4, 0.5) is 27.5 Å². The summed E-state index contributed by atoms with van der Waals surface area (Å²) in [4.78, 5) is 25.9. The molecule has 1 saturated heterocycles. The number of carbonyl (C=O) groups excluding carboxylic acids is 1. The van der Waals surface area contributed by atoms with Crippen LogP contribution in [-0.4, -0.2) is 66.1 Å². The predicted molar refractivity (Wildman–Crippen MR) is 132 cm³/mol. The van der Waals surface area contributed by atoms with Crippen LogP contribution in [0.25, 0.3) is 0 Å². The molecular formula is C25H34FN7O. The van der Waals surface area contributed by atoms with Crippen molar-refractivity contribution in [1.82, 2.24) is 20.2 Å². The molecule has 2 aliphatic carbocycles. The number of aryl methyl sites for hydroxylation is 1. The standard InChI is InChI=1S/C25H34FN7O/c1-16-14-18(8-9-22(16)33-12-10-32(2)11-13-33)29-25-27-15-20(26)23(31-25)30-21-5-3-4-19(21)24(34)28-17-6-7-17/h8-9,14-15,17,19,21H,3-7,10-13H2,1-2H3,(H,28,34)(H2,27,29,30,31). The highest BCUT2D eigenvalue weighted by atomic mass is 19.1. The van der Waals surface area contributed by atoms with Gasteiger partial charge in [-0.3, -0.25) is 4.79 Å². The van der Waals surface area contributed by atoms with Crippen molar-refractivity contribution < 1.29 is 9.18 Å². The number of carbonyl (C=O) groups is 1. The highest BCUT2D eigenvalue weighted by molar-refractivity contribution is 5.80. The smallest absolute Gasteiger partial charge is 0.229 e. The van der Waals surface area contributed by atoms with Crippen molar-refractivity contribution in [2.45, 2.75) is 51.1 Å². The van der Waals surface area contributed by atoms with Crippen LogP contribution in [0.3, 0.4) is 0 Å². The molecule has 0 bridgehead atoms. The molecule has 0 spiro atoms. The molecule has 1 amide bonds. The summed E-state index contributed by atoms with van der Waals surface area (Å²) in [5, 5.41) is 9.48. The Kier molecular flexibility index (Phi) is 6.54. The first-order valence-corrected chi connectivity index (χ1v) is 12.4. The third kappa shape index (κ3) is 5.24. The summed E-state index contributed by atoms with van der Waals surface area (Å²) in [6.45, 7) is 6.25. The molecule has 9 heteroatoms. The molecule has 34 heavy (non-hydrogen) atoms. The molecule has 2 saturated carbocycles. The van der Waals surface area contributed by atoms with E-state index in [0.717, 1.165) is 64.0 Å². The van der Waals surface area contributed by atoms with Crippen LogP contribution in [0.15, 0.2) is 24.4 Å². The summed E-state index contributed by atoms with van der Waals surface area (Å²) in [6, 6.07) is 6.40. The lowest BCUT2D eigenvalue weighted by Crippen LogP contribution is -2.44. The van der Waals surface area contributed by atoms with Gasteiger partial charge >= 0.3 is 0 Å². The normalized spacial score (nSPS) is 23.1. The van der Waals surface area contributed by atoms with E-state index in [9.17, 15) is 9.18 Å². The fourth-order valence-corrected chi connectivity index (χ4v) is 4.95. The maximum Gasteiger partial charge on any atom is 0.229 e. The van der Waals surface area contributed by atoms with Crippen molar-refractivity contribution in [2.75, 3.05) is 48.8 Å². The van der Waals surface area contributed by atoms with Gasteiger partial charge < -0.3 is 25.8 Å². The summed E-state index contributed by atoms with van der Waals surface area (Å²) >= 11 is 0. The second kappa shape index (κ2) is 9.74. The Balaban J connectivity index is 1.25. The monoisotopic (exact) mass is 467 g/mol. The first kappa shape index (κ1) is 22.8. The van der Waals surface area contributed by atoms with E-state index in [4.69, 9.17) is 0 Å². The Labute approximate surface area is 200 Å². The fourth-order valence-electron chi connectivity index (χ4n) is 4.95. The number of piperazine rings is 1. The minimum Gasteiger partial charge on any atom is -0.369 e. The van der Waals surface area contributed by atoms with Crippen molar-refractivity contribution in [3.05, 3.63) is 35.8 Å². The zero-order valence-electron chi connectivity index (χ0n) is 20.0. The average Bonchev–Trinajstić information content (AvgIpc) is 3.51. The van der Waals surface area contributed by atoms with E-state index < -0.39 is 5.82 Å². The minimum absolute atomic E-state index is 0.0706. The van der Waals surface area contributed by atoms with Crippen LogP contribution in [0.2, 0.25) is 0 Å². The molecular weight excluding hydrogens is 433 g/mol. The third-order valence-corrected chi connectivity index (χ3v) is 7.14. The van der Waals surface area contributed by atoms with Crippen LogP contribution < -0.4 is 20.9 Å².